The highest BCUT2D eigenvalue weighted by atomic mass is 16.2. The molecule has 0 bridgehead atoms. The Balaban J connectivity index is 1.45. The van der Waals surface area contributed by atoms with Crippen LogP contribution in [0.5, 0.6) is 0 Å². The summed E-state index contributed by atoms with van der Waals surface area (Å²) in [5.74, 6) is 1.06. The lowest BCUT2D eigenvalue weighted by Crippen LogP contribution is -2.54. The van der Waals surface area contributed by atoms with E-state index in [-0.39, 0.29) is 11.7 Å². The minimum atomic E-state index is -0.291. The first-order valence-electron chi connectivity index (χ1n) is 14.1. The fraction of sp³-hybridized carbons (Fsp3) is 0.118. The van der Waals surface area contributed by atoms with Crippen LogP contribution in [0.4, 0.5) is 4.79 Å². The molecule has 6 aromatic rings. The van der Waals surface area contributed by atoms with Crippen molar-refractivity contribution in [3.63, 3.8) is 0 Å². The van der Waals surface area contributed by atoms with Gasteiger partial charge < -0.3 is 0 Å². The lowest BCUT2D eigenvalue weighted by molar-refractivity contribution is -0.749. The van der Waals surface area contributed by atoms with E-state index in [2.05, 4.69) is 93.5 Å². The summed E-state index contributed by atoms with van der Waals surface area (Å²) in [4.78, 5) is 24.4. The van der Waals surface area contributed by atoms with E-state index in [1.807, 2.05) is 24.3 Å². The van der Waals surface area contributed by atoms with Crippen molar-refractivity contribution in [1.29, 1.82) is 0 Å². The Hall–Kier alpha value is -5.90. The normalized spacial score (nSPS) is 13.4. The summed E-state index contributed by atoms with van der Waals surface area (Å²) >= 11 is 0. The summed E-state index contributed by atoms with van der Waals surface area (Å²) in [6.07, 6.45) is 0. The molecule has 0 unspecified atom stereocenters. The second kappa shape index (κ2) is 10.4. The van der Waals surface area contributed by atoms with Gasteiger partial charge in [-0.25, -0.2) is 14.8 Å². The number of aryl methyl sites for hydroxylation is 2. The molecule has 1 N–H and O–H groups in total. The number of fused-ring (bicyclic) bond motifs is 2. The van der Waals surface area contributed by atoms with Crippen LogP contribution < -0.4 is 15.8 Å². The maximum Gasteiger partial charge on any atom is 0.539 e. The van der Waals surface area contributed by atoms with E-state index in [1.165, 1.54) is 19.4 Å². The number of amides is 2. The summed E-state index contributed by atoms with van der Waals surface area (Å²) in [5, 5.41) is 20.5. The molecule has 44 heavy (non-hydrogen) atoms. The fourth-order valence-electron chi connectivity index (χ4n) is 5.86. The first kappa shape index (κ1) is 27.0. The van der Waals surface area contributed by atoms with Crippen molar-refractivity contribution in [2.45, 2.75) is 0 Å². The van der Waals surface area contributed by atoms with Gasteiger partial charge in [-0.1, -0.05) is 104 Å². The van der Waals surface area contributed by atoms with Gasteiger partial charge in [0.25, 0.3) is 0 Å². The van der Waals surface area contributed by atoms with Crippen LogP contribution in [0.2, 0.25) is 0 Å². The Labute approximate surface area is 253 Å². The molecule has 0 aliphatic carbocycles. The van der Waals surface area contributed by atoms with Gasteiger partial charge in [0.05, 0.1) is 0 Å². The van der Waals surface area contributed by atoms with E-state index in [0.717, 1.165) is 54.9 Å². The SMILES string of the molecule is CN1N=C(c2cccc(-c3c4ccccc4c(-c4cccc(-c5nn(C)c(=O)[n+](C)n5)c4)c4ccccc34)c2)NN(C)C1=O. The van der Waals surface area contributed by atoms with Crippen molar-refractivity contribution in [1.82, 2.24) is 30.3 Å². The third-order valence-electron chi connectivity index (χ3n) is 7.90. The number of nitrogens with zero attached hydrogens (tertiary/aromatic N) is 7. The number of nitrogens with one attached hydrogen (secondary N) is 1. The molecule has 0 radical (unpaired) electrons. The Kier molecular flexibility index (Phi) is 6.39. The summed E-state index contributed by atoms with van der Waals surface area (Å²) in [6.45, 7) is 0. The third-order valence-corrected chi connectivity index (χ3v) is 7.90. The van der Waals surface area contributed by atoms with Crippen molar-refractivity contribution in [2.75, 3.05) is 14.1 Å². The molecule has 0 fully saturated rings. The summed E-state index contributed by atoms with van der Waals surface area (Å²) < 4.78 is 2.59. The number of hydrazine groups is 1. The van der Waals surface area contributed by atoms with Gasteiger partial charge in [0.15, 0.2) is 5.84 Å². The van der Waals surface area contributed by atoms with Gasteiger partial charge in [-0.05, 0) is 55.9 Å². The Bertz CT molecular complexity index is 2140. The number of hydrogen-bond acceptors (Lipinski definition) is 6. The van der Waals surface area contributed by atoms with Gasteiger partial charge in [0.2, 0.25) is 5.82 Å². The van der Waals surface area contributed by atoms with Crippen molar-refractivity contribution < 1.29 is 9.48 Å². The zero-order chi connectivity index (χ0) is 30.5. The van der Waals surface area contributed by atoms with Gasteiger partial charge in [0.1, 0.15) is 14.1 Å². The van der Waals surface area contributed by atoms with Gasteiger partial charge in [0, 0.05) is 25.2 Å². The van der Waals surface area contributed by atoms with Crippen LogP contribution in [0.25, 0.3) is 55.2 Å². The second-order valence-corrected chi connectivity index (χ2v) is 10.8. The van der Waals surface area contributed by atoms with Crippen LogP contribution in [0.15, 0.2) is 107 Å². The standard InChI is InChI=1S/C34H29N8O2/c1-39-33(43)40(2)36-31(35-39)23-13-9-11-21(19-23)29-25-15-5-7-17-27(25)30(28-18-8-6-16-26(28)29)22-12-10-14-24(20-22)32-37-41(3)34(44)42(4)38-32/h5-20H,1-4H3,(H,35,36)/q+1. The highest BCUT2D eigenvalue weighted by molar-refractivity contribution is 6.21. The molecular weight excluding hydrogens is 552 g/mol. The molecule has 5 aromatic carbocycles. The quantitative estimate of drug-likeness (QED) is 0.245. The number of carbonyl (C=O) groups excluding carboxylic acids is 1. The molecular formula is C34H29N8O2+. The Morgan fingerprint density at radius 3 is 1.68 bits per heavy atom. The van der Waals surface area contributed by atoms with E-state index in [0.29, 0.717) is 11.7 Å². The van der Waals surface area contributed by atoms with Crippen LogP contribution in [-0.2, 0) is 14.1 Å². The maximum absolute atomic E-state index is 12.2. The number of amidine groups is 1. The van der Waals surface area contributed by atoms with E-state index < -0.39 is 0 Å². The van der Waals surface area contributed by atoms with Crippen LogP contribution in [0.1, 0.15) is 5.56 Å². The molecule has 10 heteroatoms. The Morgan fingerprint density at radius 1 is 0.659 bits per heavy atom. The molecule has 0 saturated heterocycles. The van der Waals surface area contributed by atoms with Crippen LogP contribution in [0.3, 0.4) is 0 Å². The van der Waals surface area contributed by atoms with Crippen molar-refractivity contribution in [2.24, 2.45) is 19.2 Å². The van der Waals surface area contributed by atoms with Gasteiger partial charge in [-0.15, -0.1) is 5.10 Å². The molecule has 0 saturated carbocycles. The van der Waals surface area contributed by atoms with E-state index in [1.54, 1.807) is 28.2 Å². The number of urea groups is 1. The second-order valence-electron chi connectivity index (χ2n) is 10.8. The van der Waals surface area contributed by atoms with Crippen LogP contribution >= 0.6 is 0 Å². The monoisotopic (exact) mass is 581 g/mol. The first-order valence-corrected chi connectivity index (χ1v) is 14.1. The predicted octanol–water partition coefficient (Wildman–Crippen LogP) is 4.47. The number of benzene rings is 5. The summed E-state index contributed by atoms with van der Waals surface area (Å²) in [7, 11) is 6.57. The minimum Gasteiger partial charge on any atom is -0.276 e. The summed E-state index contributed by atoms with van der Waals surface area (Å²) in [5.41, 5.74) is 8.74. The summed E-state index contributed by atoms with van der Waals surface area (Å²) in [6, 6.07) is 33.0. The van der Waals surface area contributed by atoms with Gasteiger partial charge in [-0.2, -0.15) is 4.79 Å². The van der Waals surface area contributed by atoms with Gasteiger partial charge >= 0.3 is 11.7 Å². The van der Waals surface area contributed by atoms with Crippen molar-refractivity contribution >= 4 is 33.4 Å². The molecule has 2 heterocycles. The van der Waals surface area contributed by atoms with E-state index in [9.17, 15) is 9.59 Å². The fourth-order valence-corrected chi connectivity index (χ4v) is 5.86. The maximum atomic E-state index is 12.2. The lowest BCUT2D eigenvalue weighted by atomic mass is 9.85. The largest absolute Gasteiger partial charge is 0.539 e. The predicted molar refractivity (Wildman–Crippen MR) is 170 cm³/mol. The number of carbonyl (C=O) groups is 1. The van der Waals surface area contributed by atoms with E-state index in [4.69, 9.17) is 0 Å². The highest BCUT2D eigenvalue weighted by Gasteiger charge is 2.23. The molecule has 1 aliphatic rings. The zero-order valence-corrected chi connectivity index (χ0v) is 24.7. The molecule has 2 amide bonds. The molecule has 216 valence electrons. The molecule has 1 aromatic heterocycles. The third kappa shape index (κ3) is 4.44. The lowest BCUT2D eigenvalue weighted by Gasteiger charge is -2.29. The number of hydrazone groups is 1. The first-order chi connectivity index (χ1) is 21.3. The van der Waals surface area contributed by atoms with Gasteiger partial charge in [-0.3, -0.25) is 5.43 Å². The Morgan fingerprint density at radius 2 is 1.16 bits per heavy atom. The topological polar surface area (TPSA) is 99.6 Å². The van der Waals surface area contributed by atoms with Crippen LogP contribution in [-0.4, -0.2) is 50.9 Å². The molecule has 7 rings (SSSR count). The number of hydrogen-bond donors (Lipinski definition) is 1. The average Bonchev–Trinajstić information content (AvgIpc) is 3.04. The van der Waals surface area contributed by atoms with Crippen molar-refractivity contribution in [3.05, 3.63) is 113 Å². The number of aromatic nitrogens is 4. The van der Waals surface area contributed by atoms with Crippen molar-refractivity contribution in [3.8, 4) is 33.6 Å². The smallest absolute Gasteiger partial charge is 0.276 e. The molecule has 0 spiro atoms. The highest BCUT2D eigenvalue weighted by Crippen LogP contribution is 2.44. The average molecular weight is 582 g/mol. The van der Waals surface area contributed by atoms with Crippen LogP contribution in [0, 0.1) is 0 Å². The minimum absolute atomic E-state index is 0.238. The number of rotatable bonds is 4. The molecule has 10 nitrogen and oxygen atoms in total. The molecule has 0 atom stereocenters. The van der Waals surface area contributed by atoms with E-state index >= 15 is 0 Å². The molecule has 1 aliphatic heterocycles. The zero-order valence-electron chi connectivity index (χ0n) is 24.7.